The van der Waals surface area contributed by atoms with Crippen LogP contribution in [0.3, 0.4) is 0 Å². The Labute approximate surface area is 204 Å². The number of aromatic nitrogens is 4. The number of ether oxygens (including phenoxy) is 2. The molecule has 4 aromatic rings. The maximum absolute atomic E-state index is 12.1. The van der Waals surface area contributed by atoms with E-state index in [9.17, 15) is 4.79 Å². The molecule has 1 amide bonds. The molecule has 0 saturated carbocycles. The van der Waals surface area contributed by atoms with E-state index in [1.165, 1.54) is 0 Å². The smallest absolute Gasteiger partial charge is 0.258 e. The molecule has 35 heavy (non-hydrogen) atoms. The molecule has 0 radical (unpaired) electrons. The van der Waals surface area contributed by atoms with Gasteiger partial charge in [-0.15, -0.1) is 0 Å². The SMILES string of the molecule is CCCOc1ccc2nc(-c3cccc(OCC(=O)NC(C)CC)c3)nc(Nc3cn[nH]c3)c2c1. The zero-order valence-corrected chi connectivity index (χ0v) is 20.2. The van der Waals surface area contributed by atoms with Crippen molar-refractivity contribution in [3.05, 3.63) is 54.9 Å². The van der Waals surface area contributed by atoms with E-state index in [0.29, 0.717) is 24.0 Å². The summed E-state index contributed by atoms with van der Waals surface area (Å²) in [6, 6.07) is 13.3. The second-order valence-corrected chi connectivity index (χ2v) is 8.23. The molecule has 0 fully saturated rings. The van der Waals surface area contributed by atoms with E-state index < -0.39 is 0 Å². The van der Waals surface area contributed by atoms with Crippen LogP contribution in [-0.2, 0) is 4.79 Å². The summed E-state index contributed by atoms with van der Waals surface area (Å²) in [4.78, 5) is 21.7. The number of aromatic amines is 1. The second-order valence-electron chi connectivity index (χ2n) is 8.23. The number of carbonyl (C=O) groups excluding carboxylic acids is 1. The van der Waals surface area contributed by atoms with E-state index >= 15 is 0 Å². The first-order valence-corrected chi connectivity index (χ1v) is 11.8. The van der Waals surface area contributed by atoms with E-state index in [0.717, 1.165) is 40.7 Å². The highest BCUT2D eigenvalue weighted by atomic mass is 16.5. The highest BCUT2D eigenvalue weighted by molar-refractivity contribution is 5.93. The lowest BCUT2D eigenvalue weighted by Gasteiger charge is -2.13. The maximum atomic E-state index is 12.1. The van der Waals surface area contributed by atoms with E-state index in [1.54, 1.807) is 12.4 Å². The van der Waals surface area contributed by atoms with Crippen LogP contribution in [-0.4, -0.2) is 45.3 Å². The molecule has 2 aromatic heterocycles. The van der Waals surface area contributed by atoms with Gasteiger partial charge >= 0.3 is 0 Å². The van der Waals surface area contributed by atoms with Gasteiger partial charge in [0, 0.05) is 23.2 Å². The van der Waals surface area contributed by atoms with Gasteiger partial charge < -0.3 is 20.1 Å². The summed E-state index contributed by atoms with van der Waals surface area (Å²) in [6.07, 6.45) is 5.22. The molecular formula is C26H30N6O3. The number of H-pyrrole nitrogens is 1. The van der Waals surface area contributed by atoms with Crippen LogP contribution in [0.5, 0.6) is 11.5 Å². The Balaban J connectivity index is 1.63. The second kappa shape index (κ2) is 11.3. The molecule has 1 atom stereocenters. The highest BCUT2D eigenvalue weighted by Crippen LogP contribution is 2.31. The van der Waals surface area contributed by atoms with Crippen molar-refractivity contribution >= 4 is 28.3 Å². The van der Waals surface area contributed by atoms with Crippen LogP contribution in [0, 0.1) is 0 Å². The number of amides is 1. The Hall–Kier alpha value is -4.14. The van der Waals surface area contributed by atoms with E-state index in [1.807, 2.05) is 56.3 Å². The summed E-state index contributed by atoms with van der Waals surface area (Å²) in [5.41, 5.74) is 2.32. The van der Waals surface area contributed by atoms with Gasteiger partial charge in [0.2, 0.25) is 0 Å². The summed E-state index contributed by atoms with van der Waals surface area (Å²) >= 11 is 0. The number of nitrogens with zero attached hydrogens (tertiary/aromatic N) is 3. The average Bonchev–Trinajstić information content (AvgIpc) is 3.39. The number of hydrogen-bond donors (Lipinski definition) is 3. The normalized spacial score (nSPS) is 11.7. The van der Waals surface area contributed by atoms with Gasteiger partial charge in [0.1, 0.15) is 17.3 Å². The van der Waals surface area contributed by atoms with E-state index in [2.05, 4.69) is 27.8 Å². The zero-order chi connectivity index (χ0) is 24.6. The topological polar surface area (TPSA) is 114 Å². The number of carbonyl (C=O) groups is 1. The molecular weight excluding hydrogens is 444 g/mol. The predicted molar refractivity (Wildman–Crippen MR) is 136 cm³/mol. The van der Waals surface area contributed by atoms with Gasteiger partial charge in [-0.05, 0) is 50.1 Å². The Morgan fingerprint density at radius 1 is 1.09 bits per heavy atom. The standard InChI is InChI=1S/C26H30N6O3/c1-4-11-34-21-9-10-23-22(13-21)26(30-19-14-27-28-15-19)32-25(31-23)18-7-6-8-20(12-18)35-16-24(33)29-17(3)5-2/h6-10,12-15,17H,4-5,11,16H2,1-3H3,(H,27,28)(H,29,33)(H,30,31,32). The first kappa shape index (κ1) is 24.0. The zero-order valence-electron chi connectivity index (χ0n) is 20.2. The number of hydrogen-bond acceptors (Lipinski definition) is 7. The molecule has 0 spiro atoms. The molecule has 182 valence electrons. The van der Waals surface area contributed by atoms with Crippen molar-refractivity contribution in [2.75, 3.05) is 18.5 Å². The summed E-state index contributed by atoms with van der Waals surface area (Å²) in [5, 5.41) is 13.8. The molecule has 4 rings (SSSR count). The van der Waals surface area contributed by atoms with Crippen molar-refractivity contribution in [2.24, 2.45) is 0 Å². The molecule has 0 saturated heterocycles. The summed E-state index contributed by atoms with van der Waals surface area (Å²) in [6.45, 7) is 6.63. The number of rotatable bonds is 11. The van der Waals surface area contributed by atoms with Crippen LogP contribution in [0.25, 0.3) is 22.3 Å². The lowest BCUT2D eigenvalue weighted by molar-refractivity contribution is -0.123. The number of nitrogens with one attached hydrogen (secondary N) is 3. The average molecular weight is 475 g/mol. The first-order valence-electron chi connectivity index (χ1n) is 11.8. The van der Waals surface area contributed by atoms with Crippen molar-refractivity contribution in [1.29, 1.82) is 0 Å². The van der Waals surface area contributed by atoms with Gasteiger partial charge in [-0.3, -0.25) is 9.89 Å². The van der Waals surface area contributed by atoms with Crippen molar-refractivity contribution in [3.8, 4) is 22.9 Å². The van der Waals surface area contributed by atoms with Crippen molar-refractivity contribution < 1.29 is 14.3 Å². The molecule has 9 nitrogen and oxygen atoms in total. The fraction of sp³-hybridized carbons (Fsp3) is 0.308. The van der Waals surface area contributed by atoms with Crippen LogP contribution < -0.4 is 20.1 Å². The highest BCUT2D eigenvalue weighted by Gasteiger charge is 2.13. The lowest BCUT2D eigenvalue weighted by atomic mass is 10.1. The Kier molecular flexibility index (Phi) is 7.77. The third kappa shape index (κ3) is 6.26. The van der Waals surface area contributed by atoms with Gasteiger partial charge in [-0.2, -0.15) is 5.10 Å². The van der Waals surface area contributed by atoms with Crippen LogP contribution in [0.4, 0.5) is 11.5 Å². The van der Waals surface area contributed by atoms with Gasteiger partial charge in [0.25, 0.3) is 5.91 Å². The van der Waals surface area contributed by atoms with Crippen molar-refractivity contribution in [3.63, 3.8) is 0 Å². The molecule has 0 aliphatic rings. The predicted octanol–water partition coefficient (Wildman–Crippen LogP) is 4.85. The Morgan fingerprint density at radius 2 is 1.94 bits per heavy atom. The molecule has 1 unspecified atom stereocenters. The minimum atomic E-state index is -0.153. The van der Waals surface area contributed by atoms with E-state index in [4.69, 9.17) is 19.4 Å². The van der Waals surface area contributed by atoms with Gasteiger partial charge in [0.05, 0.1) is 24.0 Å². The molecule has 3 N–H and O–H groups in total. The van der Waals surface area contributed by atoms with Crippen LogP contribution in [0.2, 0.25) is 0 Å². The summed E-state index contributed by atoms with van der Waals surface area (Å²) in [5.74, 6) is 2.34. The minimum Gasteiger partial charge on any atom is -0.494 e. The molecule has 9 heteroatoms. The number of benzene rings is 2. The first-order chi connectivity index (χ1) is 17.1. The minimum absolute atomic E-state index is 0.0554. The lowest BCUT2D eigenvalue weighted by Crippen LogP contribution is -2.35. The van der Waals surface area contributed by atoms with Crippen LogP contribution in [0.1, 0.15) is 33.6 Å². The molecule has 0 bridgehead atoms. The fourth-order valence-corrected chi connectivity index (χ4v) is 3.39. The maximum Gasteiger partial charge on any atom is 0.258 e. The quantitative estimate of drug-likeness (QED) is 0.285. The summed E-state index contributed by atoms with van der Waals surface area (Å²) < 4.78 is 11.5. The third-order valence-electron chi connectivity index (χ3n) is 5.38. The van der Waals surface area contributed by atoms with Gasteiger partial charge in [0.15, 0.2) is 12.4 Å². The fourth-order valence-electron chi connectivity index (χ4n) is 3.39. The Morgan fingerprint density at radius 3 is 2.71 bits per heavy atom. The monoisotopic (exact) mass is 474 g/mol. The van der Waals surface area contributed by atoms with E-state index in [-0.39, 0.29) is 18.6 Å². The van der Waals surface area contributed by atoms with Crippen molar-refractivity contribution in [2.45, 2.75) is 39.7 Å². The third-order valence-corrected chi connectivity index (χ3v) is 5.38. The molecule has 2 heterocycles. The largest absolute Gasteiger partial charge is 0.494 e. The Bertz CT molecular complexity index is 1280. The van der Waals surface area contributed by atoms with Crippen LogP contribution in [0.15, 0.2) is 54.9 Å². The molecule has 2 aromatic carbocycles. The van der Waals surface area contributed by atoms with Crippen LogP contribution >= 0.6 is 0 Å². The number of fused-ring (bicyclic) bond motifs is 1. The van der Waals surface area contributed by atoms with Gasteiger partial charge in [-0.1, -0.05) is 26.0 Å². The van der Waals surface area contributed by atoms with Gasteiger partial charge in [-0.25, -0.2) is 9.97 Å². The molecule has 0 aliphatic carbocycles. The molecule has 0 aliphatic heterocycles. The van der Waals surface area contributed by atoms with Crippen molar-refractivity contribution in [1.82, 2.24) is 25.5 Å². The summed E-state index contributed by atoms with van der Waals surface area (Å²) in [7, 11) is 0. The number of anilines is 2.